The first kappa shape index (κ1) is 19.8. The van der Waals surface area contributed by atoms with Crippen LogP contribution in [-0.4, -0.2) is 58.1 Å². The molecule has 3 unspecified atom stereocenters. The number of nitrogens with one attached hydrogen (secondary N) is 2. The van der Waals surface area contributed by atoms with Crippen molar-refractivity contribution in [3.8, 4) is 0 Å². The van der Waals surface area contributed by atoms with E-state index in [1.807, 2.05) is 0 Å². The number of carboxylic acids is 2. The summed E-state index contributed by atoms with van der Waals surface area (Å²) >= 11 is 0. The molecule has 0 aromatic rings. The molecule has 1 rings (SSSR count). The number of carboxylic acid groups (broad SMARTS) is 2. The molecule has 0 aromatic carbocycles. The van der Waals surface area contributed by atoms with E-state index in [0.29, 0.717) is 19.3 Å². The first-order valence-electron chi connectivity index (χ1n) is 7.74. The predicted molar refractivity (Wildman–Crippen MR) is 82.8 cm³/mol. The van der Waals surface area contributed by atoms with Crippen LogP contribution in [0.15, 0.2) is 0 Å². The highest BCUT2D eigenvalue weighted by Crippen LogP contribution is 2.19. The standard InChI is InChI=1S/C14H24N4O6/c15-9(13(21)22)5-12(20)18-8-3-1-2-7(4-8)17-10(14(23)24)6-11(16)19/h7-10,17H,1-6,15H2,(H2,16,19)(H,18,20)(H,21,22)(H,23,24)/t7?,8?,9?,10-/m0/s1. The predicted octanol–water partition coefficient (Wildman–Crippen LogP) is -1.87. The molecule has 0 saturated heterocycles. The van der Waals surface area contributed by atoms with Crippen LogP contribution in [-0.2, 0) is 19.2 Å². The van der Waals surface area contributed by atoms with Gasteiger partial charge in [0.2, 0.25) is 11.8 Å². The Morgan fingerprint density at radius 2 is 1.67 bits per heavy atom. The van der Waals surface area contributed by atoms with Crippen LogP contribution in [0.1, 0.15) is 38.5 Å². The summed E-state index contributed by atoms with van der Waals surface area (Å²) < 4.78 is 0. The van der Waals surface area contributed by atoms with Gasteiger partial charge in [0.1, 0.15) is 12.1 Å². The third-order valence-electron chi connectivity index (χ3n) is 3.90. The first-order valence-corrected chi connectivity index (χ1v) is 7.74. The molecule has 4 atom stereocenters. The van der Waals surface area contributed by atoms with Crippen molar-refractivity contribution in [2.75, 3.05) is 0 Å². The number of primary amides is 1. The minimum Gasteiger partial charge on any atom is -0.480 e. The van der Waals surface area contributed by atoms with Gasteiger partial charge in [-0.1, -0.05) is 0 Å². The smallest absolute Gasteiger partial charge is 0.321 e. The lowest BCUT2D eigenvalue weighted by Crippen LogP contribution is -2.50. The minimum atomic E-state index is -1.26. The second kappa shape index (κ2) is 9.18. The van der Waals surface area contributed by atoms with Gasteiger partial charge < -0.3 is 32.3 Å². The summed E-state index contributed by atoms with van der Waals surface area (Å²) in [6.07, 6.45) is 2.04. The van der Waals surface area contributed by atoms with E-state index in [1.165, 1.54) is 0 Å². The van der Waals surface area contributed by atoms with E-state index in [2.05, 4.69) is 10.6 Å². The third kappa shape index (κ3) is 6.92. The quantitative estimate of drug-likeness (QED) is 0.281. The van der Waals surface area contributed by atoms with Crippen molar-refractivity contribution >= 4 is 23.8 Å². The lowest BCUT2D eigenvalue weighted by molar-refractivity contribution is -0.141. The SMILES string of the molecule is NC(=O)C[C@H](NC1CCCC(NC(=O)CC(N)C(=O)O)C1)C(=O)O. The van der Waals surface area contributed by atoms with Crippen LogP contribution in [0.2, 0.25) is 0 Å². The molecule has 1 aliphatic rings. The first-order chi connectivity index (χ1) is 11.2. The zero-order chi connectivity index (χ0) is 18.3. The van der Waals surface area contributed by atoms with Crippen LogP contribution >= 0.6 is 0 Å². The molecule has 1 saturated carbocycles. The second-order valence-corrected chi connectivity index (χ2v) is 6.00. The molecule has 0 heterocycles. The molecule has 10 nitrogen and oxygen atoms in total. The fourth-order valence-electron chi connectivity index (χ4n) is 2.75. The number of carbonyl (C=O) groups excluding carboxylic acids is 2. The molecule has 0 spiro atoms. The normalized spacial score (nSPS) is 23.0. The summed E-state index contributed by atoms with van der Waals surface area (Å²) in [5.41, 5.74) is 10.4. The van der Waals surface area contributed by atoms with E-state index in [9.17, 15) is 19.2 Å². The zero-order valence-electron chi connectivity index (χ0n) is 13.2. The number of nitrogens with two attached hydrogens (primary N) is 2. The lowest BCUT2D eigenvalue weighted by Gasteiger charge is -2.32. The molecule has 0 bridgehead atoms. The molecule has 1 fully saturated rings. The molecule has 24 heavy (non-hydrogen) atoms. The Balaban J connectivity index is 2.51. The van der Waals surface area contributed by atoms with Crippen LogP contribution < -0.4 is 22.1 Å². The molecule has 1 aliphatic carbocycles. The van der Waals surface area contributed by atoms with Crippen molar-refractivity contribution in [1.82, 2.24) is 10.6 Å². The number of carbonyl (C=O) groups is 4. The van der Waals surface area contributed by atoms with Gasteiger partial charge in [-0.15, -0.1) is 0 Å². The average molecular weight is 344 g/mol. The van der Waals surface area contributed by atoms with Gasteiger partial charge in [-0.05, 0) is 25.7 Å². The van der Waals surface area contributed by atoms with Crippen LogP contribution in [0.3, 0.4) is 0 Å². The number of rotatable bonds is 9. The fraction of sp³-hybridized carbons (Fsp3) is 0.714. The number of hydrogen-bond acceptors (Lipinski definition) is 6. The van der Waals surface area contributed by atoms with Gasteiger partial charge in [0.05, 0.1) is 12.8 Å². The Bertz CT molecular complexity index is 498. The molecule has 0 radical (unpaired) electrons. The van der Waals surface area contributed by atoms with E-state index < -0.39 is 35.8 Å². The van der Waals surface area contributed by atoms with Gasteiger partial charge in [-0.2, -0.15) is 0 Å². The van der Waals surface area contributed by atoms with Crippen molar-refractivity contribution in [3.63, 3.8) is 0 Å². The molecule has 0 aliphatic heterocycles. The van der Waals surface area contributed by atoms with E-state index in [4.69, 9.17) is 21.7 Å². The maximum atomic E-state index is 11.8. The highest BCUT2D eigenvalue weighted by molar-refractivity contribution is 5.84. The number of aliphatic carboxylic acids is 2. The van der Waals surface area contributed by atoms with Crippen LogP contribution in [0.4, 0.5) is 0 Å². The van der Waals surface area contributed by atoms with Gasteiger partial charge in [0.15, 0.2) is 0 Å². The highest BCUT2D eigenvalue weighted by atomic mass is 16.4. The maximum absolute atomic E-state index is 11.8. The van der Waals surface area contributed by atoms with Crippen LogP contribution in [0.5, 0.6) is 0 Å². The molecule has 2 amide bonds. The molecule has 8 N–H and O–H groups in total. The summed E-state index contributed by atoms with van der Waals surface area (Å²) in [6.45, 7) is 0. The summed E-state index contributed by atoms with van der Waals surface area (Å²) in [5.74, 6) is -3.57. The number of amides is 2. The monoisotopic (exact) mass is 344 g/mol. The summed E-state index contributed by atoms with van der Waals surface area (Å²) in [6, 6.07) is -2.71. The van der Waals surface area contributed by atoms with Crippen molar-refractivity contribution in [3.05, 3.63) is 0 Å². The lowest BCUT2D eigenvalue weighted by atomic mass is 9.90. The van der Waals surface area contributed by atoms with Crippen molar-refractivity contribution in [2.24, 2.45) is 11.5 Å². The van der Waals surface area contributed by atoms with E-state index in [-0.39, 0.29) is 24.9 Å². The van der Waals surface area contributed by atoms with Crippen LogP contribution in [0.25, 0.3) is 0 Å². The van der Waals surface area contributed by atoms with E-state index >= 15 is 0 Å². The number of hydrogen-bond donors (Lipinski definition) is 6. The minimum absolute atomic E-state index is 0.183. The molecule has 10 heteroatoms. The van der Waals surface area contributed by atoms with Gasteiger partial charge >= 0.3 is 11.9 Å². The average Bonchev–Trinajstić information content (AvgIpc) is 2.46. The summed E-state index contributed by atoms with van der Waals surface area (Å²) in [7, 11) is 0. The van der Waals surface area contributed by atoms with E-state index in [0.717, 1.165) is 6.42 Å². The van der Waals surface area contributed by atoms with Crippen molar-refractivity contribution < 1.29 is 29.4 Å². The molecular weight excluding hydrogens is 320 g/mol. The van der Waals surface area contributed by atoms with Crippen LogP contribution in [0, 0.1) is 0 Å². The Morgan fingerprint density at radius 3 is 2.21 bits per heavy atom. The van der Waals surface area contributed by atoms with Crippen molar-refractivity contribution in [2.45, 2.75) is 62.7 Å². The Hall–Kier alpha value is -2.20. The Morgan fingerprint density at radius 1 is 1.04 bits per heavy atom. The van der Waals surface area contributed by atoms with Gasteiger partial charge in [0, 0.05) is 12.1 Å². The highest BCUT2D eigenvalue weighted by Gasteiger charge is 2.29. The maximum Gasteiger partial charge on any atom is 0.321 e. The molecular formula is C14H24N4O6. The van der Waals surface area contributed by atoms with Gasteiger partial charge in [0.25, 0.3) is 0 Å². The molecule has 136 valence electrons. The third-order valence-corrected chi connectivity index (χ3v) is 3.90. The Labute approximate surface area is 138 Å². The summed E-state index contributed by atoms with van der Waals surface area (Å²) in [5, 5.41) is 23.4. The van der Waals surface area contributed by atoms with Gasteiger partial charge in [-0.3, -0.25) is 19.2 Å². The fourth-order valence-corrected chi connectivity index (χ4v) is 2.75. The topological polar surface area (TPSA) is 185 Å². The second-order valence-electron chi connectivity index (χ2n) is 6.00. The zero-order valence-corrected chi connectivity index (χ0v) is 13.2. The molecule has 0 aromatic heterocycles. The largest absolute Gasteiger partial charge is 0.480 e. The summed E-state index contributed by atoms with van der Waals surface area (Å²) in [4.78, 5) is 44.5. The van der Waals surface area contributed by atoms with E-state index in [1.54, 1.807) is 0 Å². The van der Waals surface area contributed by atoms with Gasteiger partial charge in [-0.25, -0.2) is 0 Å². The van der Waals surface area contributed by atoms with Crippen molar-refractivity contribution in [1.29, 1.82) is 0 Å². The Kier molecular flexibility index (Phi) is 7.59.